The Morgan fingerprint density at radius 3 is 2.80 bits per heavy atom. The number of piperidine rings is 1. The van der Waals surface area contributed by atoms with Crippen LogP contribution in [0, 0.1) is 0 Å². The molecule has 1 atom stereocenters. The molecule has 1 aliphatic rings. The maximum atomic E-state index is 10.4. The highest BCUT2D eigenvalue weighted by molar-refractivity contribution is 6.31. The maximum absolute atomic E-state index is 10.4. The van der Waals surface area contributed by atoms with Crippen molar-refractivity contribution in [2.24, 2.45) is 0 Å². The third-order valence-electron chi connectivity index (χ3n) is 2.82. The predicted molar refractivity (Wildman–Crippen MR) is 59.1 cm³/mol. The lowest BCUT2D eigenvalue weighted by atomic mass is 9.86. The van der Waals surface area contributed by atoms with E-state index in [0.717, 1.165) is 13.0 Å². The van der Waals surface area contributed by atoms with Gasteiger partial charge in [-0.2, -0.15) is 0 Å². The van der Waals surface area contributed by atoms with Crippen LogP contribution in [0.1, 0.15) is 18.4 Å². The molecule has 3 N–H and O–H groups in total. The van der Waals surface area contributed by atoms with Gasteiger partial charge in [0, 0.05) is 12.1 Å². The summed E-state index contributed by atoms with van der Waals surface area (Å²) in [6, 6.07) is 4.70. The topological polar surface area (TPSA) is 52.5 Å². The summed E-state index contributed by atoms with van der Waals surface area (Å²) in [5, 5.41) is 23.2. The minimum atomic E-state index is -0.900. The molecule has 15 heavy (non-hydrogen) atoms. The van der Waals surface area contributed by atoms with E-state index in [0.29, 0.717) is 23.6 Å². The van der Waals surface area contributed by atoms with Gasteiger partial charge in [0.1, 0.15) is 11.4 Å². The van der Waals surface area contributed by atoms with Crippen LogP contribution in [0.5, 0.6) is 5.75 Å². The van der Waals surface area contributed by atoms with Crippen LogP contribution >= 0.6 is 11.6 Å². The highest BCUT2D eigenvalue weighted by Crippen LogP contribution is 2.34. The van der Waals surface area contributed by atoms with Crippen LogP contribution in [0.2, 0.25) is 5.02 Å². The van der Waals surface area contributed by atoms with Crippen molar-refractivity contribution in [1.82, 2.24) is 5.32 Å². The van der Waals surface area contributed by atoms with Crippen molar-refractivity contribution in [3.05, 3.63) is 28.8 Å². The van der Waals surface area contributed by atoms with Crippen molar-refractivity contribution < 1.29 is 10.2 Å². The zero-order chi connectivity index (χ0) is 10.9. The number of rotatable bonds is 1. The number of hydrogen-bond donors (Lipinski definition) is 3. The summed E-state index contributed by atoms with van der Waals surface area (Å²) in [7, 11) is 0. The average Bonchev–Trinajstić information content (AvgIpc) is 2.18. The van der Waals surface area contributed by atoms with Gasteiger partial charge in [0.2, 0.25) is 0 Å². The molecule has 0 bridgehead atoms. The Balaban J connectivity index is 2.35. The Labute approximate surface area is 93.7 Å². The van der Waals surface area contributed by atoms with Gasteiger partial charge >= 0.3 is 0 Å². The fraction of sp³-hybridized carbons (Fsp3) is 0.455. The smallest absolute Gasteiger partial charge is 0.117 e. The third kappa shape index (κ3) is 2.09. The Morgan fingerprint density at radius 1 is 1.40 bits per heavy atom. The molecule has 0 aromatic heterocycles. The van der Waals surface area contributed by atoms with Gasteiger partial charge in [0.25, 0.3) is 0 Å². The molecule has 0 saturated carbocycles. The van der Waals surface area contributed by atoms with Gasteiger partial charge in [-0.3, -0.25) is 0 Å². The number of hydrogen-bond acceptors (Lipinski definition) is 3. The maximum Gasteiger partial charge on any atom is 0.117 e. The number of benzene rings is 1. The van der Waals surface area contributed by atoms with Crippen LogP contribution < -0.4 is 5.32 Å². The zero-order valence-corrected chi connectivity index (χ0v) is 9.09. The van der Waals surface area contributed by atoms with Gasteiger partial charge in [-0.05, 0) is 31.5 Å². The summed E-state index contributed by atoms with van der Waals surface area (Å²) in [6.45, 7) is 1.44. The largest absolute Gasteiger partial charge is 0.508 e. The molecular weight excluding hydrogens is 214 g/mol. The molecule has 3 nitrogen and oxygen atoms in total. The van der Waals surface area contributed by atoms with E-state index in [1.807, 2.05) is 0 Å². The van der Waals surface area contributed by atoms with Crippen LogP contribution in [-0.2, 0) is 5.60 Å². The van der Waals surface area contributed by atoms with E-state index in [1.54, 1.807) is 12.1 Å². The Kier molecular flexibility index (Phi) is 2.87. The van der Waals surface area contributed by atoms with Crippen molar-refractivity contribution in [2.75, 3.05) is 13.1 Å². The number of aliphatic hydroxyl groups is 1. The van der Waals surface area contributed by atoms with Crippen molar-refractivity contribution in [2.45, 2.75) is 18.4 Å². The second kappa shape index (κ2) is 4.00. The molecule has 2 rings (SSSR count). The molecule has 1 heterocycles. The van der Waals surface area contributed by atoms with Crippen molar-refractivity contribution >= 4 is 11.6 Å². The number of halogens is 1. The first-order chi connectivity index (χ1) is 7.12. The summed E-state index contributed by atoms with van der Waals surface area (Å²) in [4.78, 5) is 0. The fourth-order valence-electron chi connectivity index (χ4n) is 2.00. The number of β-amino-alcohol motifs (C(OH)–C–C–N with tert-alkyl or cyclic N) is 1. The van der Waals surface area contributed by atoms with E-state index in [9.17, 15) is 10.2 Å². The molecule has 1 aromatic carbocycles. The molecule has 1 fully saturated rings. The first-order valence-corrected chi connectivity index (χ1v) is 5.42. The normalized spacial score (nSPS) is 26.5. The predicted octanol–water partition coefficient (Wildman–Crippen LogP) is 1.62. The molecule has 0 aliphatic carbocycles. The molecular formula is C11H14ClNO2. The second-order valence-corrected chi connectivity index (χ2v) is 4.38. The SMILES string of the molecule is Oc1ccc(C2(O)CCCNC2)c(Cl)c1. The first-order valence-electron chi connectivity index (χ1n) is 5.04. The molecule has 1 aliphatic heterocycles. The number of aromatic hydroxyl groups is 1. The van der Waals surface area contributed by atoms with Crippen molar-refractivity contribution in [3.63, 3.8) is 0 Å². The monoisotopic (exact) mass is 227 g/mol. The minimum Gasteiger partial charge on any atom is -0.508 e. The van der Waals surface area contributed by atoms with Gasteiger partial charge in [-0.25, -0.2) is 0 Å². The molecule has 1 aromatic rings. The lowest BCUT2D eigenvalue weighted by Crippen LogP contribution is -2.43. The summed E-state index contributed by atoms with van der Waals surface area (Å²) in [5.41, 5.74) is -0.211. The average molecular weight is 228 g/mol. The van der Waals surface area contributed by atoms with Crippen LogP contribution in [0.15, 0.2) is 18.2 Å². The van der Waals surface area contributed by atoms with Gasteiger partial charge in [-0.1, -0.05) is 17.7 Å². The molecule has 4 heteroatoms. The Hall–Kier alpha value is -0.770. The molecule has 1 unspecified atom stereocenters. The van der Waals surface area contributed by atoms with E-state index in [1.165, 1.54) is 6.07 Å². The molecule has 0 radical (unpaired) electrons. The lowest BCUT2D eigenvalue weighted by Gasteiger charge is -2.33. The number of phenolic OH excluding ortho intramolecular Hbond substituents is 1. The zero-order valence-electron chi connectivity index (χ0n) is 8.33. The molecule has 1 saturated heterocycles. The van der Waals surface area contributed by atoms with E-state index in [-0.39, 0.29) is 5.75 Å². The van der Waals surface area contributed by atoms with Crippen molar-refractivity contribution in [1.29, 1.82) is 0 Å². The minimum absolute atomic E-state index is 0.121. The van der Waals surface area contributed by atoms with E-state index in [4.69, 9.17) is 11.6 Å². The number of phenols is 1. The molecule has 0 spiro atoms. The van der Waals surface area contributed by atoms with Crippen LogP contribution in [0.4, 0.5) is 0 Å². The second-order valence-electron chi connectivity index (χ2n) is 3.98. The lowest BCUT2D eigenvalue weighted by molar-refractivity contribution is 0.0124. The first kappa shape index (κ1) is 10.7. The summed E-state index contributed by atoms with van der Waals surface area (Å²) < 4.78 is 0. The fourth-order valence-corrected chi connectivity index (χ4v) is 2.35. The van der Waals surface area contributed by atoms with Gasteiger partial charge in [0.05, 0.1) is 5.02 Å². The summed E-state index contributed by atoms with van der Waals surface area (Å²) >= 11 is 6.00. The number of nitrogens with one attached hydrogen (secondary N) is 1. The van der Waals surface area contributed by atoms with Crippen LogP contribution in [0.25, 0.3) is 0 Å². The standard InChI is InChI=1S/C11H14ClNO2/c12-10-6-8(14)2-3-9(10)11(15)4-1-5-13-7-11/h2-3,6,13-15H,1,4-5,7H2. The highest BCUT2D eigenvalue weighted by Gasteiger charge is 2.32. The molecule has 0 amide bonds. The molecule has 82 valence electrons. The Bertz CT molecular complexity index is 362. The summed E-state index contributed by atoms with van der Waals surface area (Å²) in [6.07, 6.45) is 1.62. The van der Waals surface area contributed by atoms with Gasteiger partial charge in [0.15, 0.2) is 0 Å². The van der Waals surface area contributed by atoms with Gasteiger partial charge < -0.3 is 15.5 Å². The van der Waals surface area contributed by atoms with E-state index >= 15 is 0 Å². The third-order valence-corrected chi connectivity index (χ3v) is 3.13. The van der Waals surface area contributed by atoms with Gasteiger partial charge in [-0.15, -0.1) is 0 Å². The Morgan fingerprint density at radius 2 is 2.20 bits per heavy atom. The van der Waals surface area contributed by atoms with E-state index < -0.39 is 5.60 Å². The van der Waals surface area contributed by atoms with Crippen LogP contribution in [-0.4, -0.2) is 23.3 Å². The van der Waals surface area contributed by atoms with E-state index in [2.05, 4.69) is 5.32 Å². The quantitative estimate of drug-likeness (QED) is 0.684. The highest BCUT2D eigenvalue weighted by atomic mass is 35.5. The summed E-state index contributed by atoms with van der Waals surface area (Å²) in [5.74, 6) is 0.121. The van der Waals surface area contributed by atoms with Crippen LogP contribution in [0.3, 0.4) is 0 Å². The van der Waals surface area contributed by atoms with Crippen molar-refractivity contribution in [3.8, 4) is 5.75 Å².